The van der Waals surface area contributed by atoms with Crippen molar-refractivity contribution in [2.75, 3.05) is 6.61 Å². The van der Waals surface area contributed by atoms with Crippen molar-refractivity contribution in [3.63, 3.8) is 0 Å². The van der Waals surface area contributed by atoms with Gasteiger partial charge in [0.2, 0.25) is 0 Å². The van der Waals surface area contributed by atoms with Crippen molar-refractivity contribution in [2.45, 2.75) is 45.3 Å². The number of carbonyl (C=O) groups excluding carboxylic acids is 1. The molecule has 0 saturated carbocycles. The van der Waals surface area contributed by atoms with E-state index in [-0.39, 0.29) is 25.0 Å². The Balaban J connectivity index is 2.80. The number of aliphatic hydroxyl groups is 1. The summed E-state index contributed by atoms with van der Waals surface area (Å²) in [5, 5.41) is 11.5. The first kappa shape index (κ1) is 18.3. The van der Waals surface area contributed by atoms with Gasteiger partial charge in [0.25, 0.3) is 0 Å². The van der Waals surface area contributed by atoms with Gasteiger partial charge in [-0.1, -0.05) is 0 Å². The van der Waals surface area contributed by atoms with Crippen LogP contribution in [0.25, 0.3) is 0 Å². The van der Waals surface area contributed by atoms with Gasteiger partial charge in [0, 0.05) is 18.7 Å². The third-order valence-corrected chi connectivity index (χ3v) is 2.75. The molecule has 0 aliphatic carbocycles. The lowest BCUT2D eigenvalue weighted by Gasteiger charge is -2.23. The fraction of sp³-hybridized carbons (Fsp3) is 0.533. The van der Waals surface area contributed by atoms with Crippen LogP contribution in [0.5, 0.6) is 0 Å². The molecule has 0 heterocycles. The zero-order chi connectivity index (χ0) is 16.9. The van der Waals surface area contributed by atoms with Gasteiger partial charge in [-0.2, -0.15) is 0 Å². The molecular weight excluding hydrogens is 299 g/mol. The molecule has 1 aromatic carbocycles. The van der Waals surface area contributed by atoms with E-state index in [0.29, 0.717) is 6.07 Å². The Labute approximate surface area is 127 Å². The van der Waals surface area contributed by atoms with E-state index >= 15 is 0 Å². The highest BCUT2D eigenvalue weighted by atomic mass is 19.2. The van der Waals surface area contributed by atoms with Crippen molar-refractivity contribution in [3.05, 3.63) is 35.1 Å². The molecule has 0 spiro atoms. The average molecular weight is 319 g/mol. The summed E-state index contributed by atoms with van der Waals surface area (Å²) in [6.07, 6.45) is -0.700. The van der Waals surface area contributed by atoms with Gasteiger partial charge in [-0.05, 0) is 45.2 Å². The maximum Gasteiger partial charge on any atom is 0.407 e. The first-order valence-corrected chi connectivity index (χ1v) is 6.86. The molecule has 7 heteroatoms. The highest BCUT2D eigenvalue weighted by Gasteiger charge is 2.21. The summed E-state index contributed by atoms with van der Waals surface area (Å²) in [7, 11) is 0. The number of rotatable bonds is 5. The predicted octanol–water partition coefficient (Wildman–Crippen LogP) is 2.92. The topological polar surface area (TPSA) is 58.6 Å². The molecule has 1 atom stereocenters. The van der Waals surface area contributed by atoms with E-state index < -0.39 is 35.2 Å². The first-order chi connectivity index (χ1) is 10.1. The molecule has 0 radical (unpaired) electrons. The number of aliphatic hydroxyl groups excluding tert-OH is 1. The third kappa shape index (κ3) is 5.93. The average Bonchev–Trinajstić information content (AvgIpc) is 2.33. The van der Waals surface area contributed by atoms with Gasteiger partial charge in [0.1, 0.15) is 11.4 Å². The van der Waals surface area contributed by atoms with E-state index in [9.17, 15) is 18.0 Å². The van der Waals surface area contributed by atoms with Crippen LogP contribution in [0.15, 0.2) is 12.1 Å². The van der Waals surface area contributed by atoms with Crippen molar-refractivity contribution in [2.24, 2.45) is 0 Å². The summed E-state index contributed by atoms with van der Waals surface area (Å²) in [4.78, 5) is 11.7. The Morgan fingerprint density at radius 3 is 2.36 bits per heavy atom. The smallest absolute Gasteiger partial charge is 0.407 e. The highest BCUT2D eigenvalue weighted by molar-refractivity contribution is 5.68. The Kier molecular flexibility index (Phi) is 6.22. The molecule has 0 aliphatic rings. The normalized spacial score (nSPS) is 12.9. The van der Waals surface area contributed by atoms with E-state index in [0.717, 1.165) is 6.07 Å². The quantitative estimate of drug-likeness (QED) is 0.821. The predicted molar refractivity (Wildman–Crippen MR) is 74.9 cm³/mol. The van der Waals surface area contributed by atoms with Crippen molar-refractivity contribution in [1.82, 2.24) is 5.32 Å². The van der Waals surface area contributed by atoms with Crippen LogP contribution in [0.1, 0.15) is 32.8 Å². The maximum absolute atomic E-state index is 13.6. The number of alkyl carbamates (subject to hydrolysis) is 1. The number of nitrogens with one attached hydrogen (secondary N) is 1. The molecular formula is C15H20F3NO3. The number of hydrogen-bond donors (Lipinski definition) is 2. The van der Waals surface area contributed by atoms with Gasteiger partial charge < -0.3 is 15.2 Å². The highest BCUT2D eigenvalue weighted by Crippen LogP contribution is 2.16. The van der Waals surface area contributed by atoms with Gasteiger partial charge >= 0.3 is 6.09 Å². The summed E-state index contributed by atoms with van der Waals surface area (Å²) >= 11 is 0. The number of halogens is 3. The van der Waals surface area contributed by atoms with E-state index in [1.54, 1.807) is 20.8 Å². The van der Waals surface area contributed by atoms with Crippen LogP contribution in [-0.4, -0.2) is 29.4 Å². The van der Waals surface area contributed by atoms with Gasteiger partial charge in [-0.15, -0.1) is 0 Å². The second-order valence-corrected chi connectivity index (χ2v) is 5.92. The minimum atomic E-state index is -1.28. The molecule has 1 aromatic rings. The number of carbonyl (C=O) groups is 1. The van der Waals surface area contributed by atoms with Crippen LogP contribution >= 0.6 is 0 Å². The molecule has 0 aliphatic heterocycles. The number of hydrogen-bond acceptors (Lipinski definition) is 3. The van der Waals surface area contributed by atoms with Crippen molar-refractivity contribution >= 4 is 6.09 Å². The minimum absolute atomic E-state index is 0.0894. The monoisotopic (exact) mass is 319 g/mol. The number of benzene rings is 1. The van der Waals surface area contributed by atoms with Crippen LogP contribution in [0, 0.1) is 17.5 Å². The first-order valence-electron chi connectivity index (χ1n) is 6.86. The lowest BCUT2D eigenvalue weighted by atomic mass is 10.0. The molecule has 0 fully saturated rings. The third-order valence-electron chi connectivity index (χ3n) is 2.75. The second-order valence-electron chi connectivity index (χ2n) is 5.92. The lowest BCUT2D eigenvalue weighted by Crippen LogP contribution is -2.40. The minimum Gasteiger partial charge on any atom is -0.444 e. The summed E-state index contributed by atoms with van der Waals surface area (Å²) in [6, 6.07) is 0.527. The van der Waals surface area contributed by atoms with Gasteiger partial charge in [0.05, 0.1) is 0 Å². The molecule has 0 aromatic heterocycles. The molecule has 124 valence electrons. The molecule has 1 rings (SSSR count). The van der Waals surface area contributed by atoms with Crippen molar-refractivity contribution < 1.29 is 27.8 Å². The fourth-order valence-electron chi connectivity index (χ4n) is 1.84. The molecule has 1 amide bonds. The van der Waals surface area contributed by atoms with Crippen LogP contribution in [0.2, 0.25) is 0 Å². The molecule has 1 unspecified atom stereocenters. The maximum atomic E-state index is 13.6. The number of ether oxygens (including phenoxy) is 1. The standard InChI is InChI=1S/C15H20F3NO3/c1-15(2,3)22-14(21)19-10(4-5-20)6-9-7-12(17)13(18)8-11(9)16/h7-8,10,20H,4-6H2,1-3H3,(H,19,21). The summed E-state index contributed by atoms with van der Waals surface area (Å²) in [5.74, 6) is -3.36. The summed E-state index contributed by atoms with van der Waals surface area (Å²) in [5.41, 5.74) is -0.797. The zero-order valence-electron chi connectivity index (χ0n) is 12.8. The van der Waals surface area contributed by atoms with Crippen LogP contribution in [0.4, 0.5) is 18.0 Å². The van der Waals surface area contributed by atoms with Crippen LogP contribution < -0.4 is 5.32 Å². The lowest BCUT2D eigenvalue weighted by molar-refractivity contribution is 0.0497. The van der Waals surface area contributed by atoms with E-state index in [1.165, 1.54) is 0 Å². The Morgan fingerprint density at radius 2 is 1.82 bits per heavy atom. The van der Waals surface area contributed by atoms with Gasteiger partial charge in [0.15, 0.2) is 11.6 Å². The van der Waals surface area contributed by atoms with E-state index in [1.807, 2.05) is 0 Å². The van der Waals surface area contributed by atoms with Crippen LogP contribution in [0.3, 0.4) is 0 Å². The summed E-state index contributed by atoms with van der Waals surface area (Å²) < 4.78 is 44.8. The Morgan fingerprint density at radius 1 is 1.23 bits per heavy atom. The largest absolute Gasteiger partial charge is 0.444 e. The SMILES string of the molecule is CC(C)(C)OC(=O)NC(CCO)Cc1cc(F)c(F)cc1F. The molecule has 0 bridgehead atoms. The van der Waals surface area contributed by atoms with Crippen LogP contribution in [-0.2, 0) is 11.2 Å². The molecule has 0 saturated heterocycles. The Bertz CT molecular complexity index is 529. The second kappa shape index (κ2) is 7.49. The zero-order valence-corrected chi connectivity index (χ0v) is 12.8. The van der Waals surface area contributed by atoms with E-state index in [2.05, 4.69) is 5.32 Å². The Hall–Kier alpha value is -1.76. The molecule has 2 N–H and O–H groups in total. The molecule has 4 nitrogen and oxygen atoms in total. The van der Waals surface area contributed by atoms with Crippen molar-refractivity contribution in [1.29, 1.82) is 0 Å². The van der Waals surface area contributed by atoms with Gasteiger partial charge in [-0.25, -0.2) is 18.0 Å². The van der Waals surface area contributed by atoms with Gasteiger partial charge in [-0.3, -0.25) is 0 Å². The fourth-order valence-corrected chi connectivity index (χ4v) is 1.84. The number of amides is 1. The molecule has 22 heavy (non-hydrogen) atoms. The van der Waals surface area contributed by atoms with Crippen molar-refractivity contribution in [3.8, 4) is 0 Å². The van der Waals surface area contributed by atoms with E-state index in [4.69, 9.17) is 9.84 Å². The summed E-state index contributed by atoms with van der Waals surface area (Å²) in [6.45, 7) is 4.79.